The third-order valence-electron chi connectivity index (χ3n) is 6.24. The molecule has 4 aromatic rings. The third-order valence-corrected chi connectivity index (χ3v) is 8.32. The molecule has 0 saturated heterocycles. The van der Waals surface area contributed by atoms with Crippen LogP contribution in [0.3, 0.4) is 0 Å². The highest BCUT2D eigenvalue weighted by Crippen LogP contribution is 2.40. The Morgan fingerprint density at radius 1 is 0.706 bits per heavy atom. The summed E-state index contributed by atoms with van der Waals surface area (Å²) in [5, 5.41) is 2.18. The highest BCUT2D eigenvalue weighted by atomic mass is 32.2. The fourth-order valence-corrected chi connectivity index (χ4v) is 6.33. The molecule has 0 atom stereocenters. The predicted octanol–water partition coefficient (Wildman–Crippen LogP) is 10.2. The molecule has 174 valence electrons. The van der Waals surface area contributed by atoms with Crippen molar-refractivity contribution in [2.75, 3.05) is 11.2 Å². The smallest absolute Gasteiger partial charge is 0.0464 e. The molecule has 0 unspecified atom stereocenters. The van der Waals surface area contributed by atoms with E-state index >= 15 is 0 Å². The van der Waals surface area contributed by atoms with Crippen LogP contribution in [-0.2, 0) is 0 Å². The second-order valence-electron chi connectivity index (χ2n) is 9.14. The molecule has 0 bridgehead atoms. The number of aryl methyl sites for hydroxylation is 4. The van der Waals surface area contributed by atoms with Crippen LogP contribution in [0.25, 0.3) is 15.3 Å². The second kappa shape index (κ2) is 10.2. The van der Waals surface area contributed by atoms with Gasteiger partial charge in [0.15, 0.2) is 0 Å². The molecule has 3 heteroatoms. The number of nitrogens with zero attached hydrogens (tertiary/aromatic N) is 1. The molecule has 1 nitrogen and oxygen atoms in total. The van der Waals surface area contributed by atoms with Crippen molar-refractivity contribution in [1.82, 2.24) is 0 Å². The molecule has 0 radical (unpaired) electrons. The van der Waals surface area contributed by atoms with Crippen molar-refractivity contribution in [3.63, 3.8) is 0 Å². The normalized spacial score (nSPS) is 10.9. The Morgan fingerprint density at radius 2 is 1.32 bits per heavy atom. The van der Waals surface area contributed by atoms with E-state index in [2.05, 4.69) is 125 Å². The van der Waals surface area contributed by atoms with E-state index in [1.807, 2.05) is 23.1 Å². The summed E-state index contributed by atoms with van der Waals surface area (Å²) >= 11 is 3.64. The molecular weight excluding hydrogens is 450 g/mol. The van der Waals surface area contributed by atoms with Gasteiger partial charge in [-0.15, -0.1) is 23.1 Å². The van der Waals surface area contributed by atoms with E-state index in [4.69, 9.17) is 0 Å². The summed E-state index contributed by atoms with van der Waals surface area (Å²) in [6.45, 7) is 13.2. The molecule has 0 spiro atoms. The minimum absolute atomic E-state index is 1.17. The van der Waals surface area contributed by atoms with Crippen molar-refractivity contribution in [1.29, 1.82) is 0 Å². The number of thiophene rings is 1. The average Bonchev–Trinajstić information content (AvgIpc) is 3.22. The van der Waals surface area contributed by atoms with Crippen LogP contribution >= 0.6 is 23.1 Å². The minimum Gasteiger partial charge on any atom is -0.310 e. The van der Waals surface area contributed by atoms with E-state index in [9.17, 15) is 0 Å². The lowest BCUT2D eigenvalue weighted by molar-refractivity contribution is 1.25. The first kappa shape index (κ1) is 24.4. The van der Waals surface area contributed by atoms with Gasteiger partial charge in [0.05, 0.1) is 0 Å². The zero-order valence-corrected chi connectivity index (χ0v) is 22.8. The van der Waals surface area contributed by atoms with Crippen molar-refractivity contribution >= 4 is 45.1 Å². The van der Waals surface area contributed by atoms with Crippen molar-refractivity contribution in [3.05, 3.63) is 106 Å². The number of anilines is 3. The van der Waals surface area contributed by atoms with Crippen LogP contribution in [0, 0.1) is 27.7 Å². The highest BCUT2D eigenvalue weighted by molar-refractivity contribution is 8.07. The quantitative estimate of drug-likeness (QED) is 0.268. The topological polar surface area (TPSA) is 3.24 Å². The Hall–Kier alpha value is -2.75. The largest absolute Gasteiger partial charge is 0.310 e. The first-order chi connectivity index (χ1) is 16.3. The molecule has 4 rings (SSSR count). The summed E-state index contributed by atoms with van der Waals surface area (Å²) in [6.07, 6.45) is 2.16. The Morgan fingerprint density at radius 3 is 1.85 bits per heavy atom. The average molecular weight is 484 g/mol. The van der Waals surface area contributed by atoms with E-state index in [1.54, 1.807) is 0 Å². The van der Waals surface area contributed by atoms with Crippen molar-refractivity contribution in [2.45, 2.75) is 41.5 Å². The van der Waals surface area contributed by atoms with Gasteiger partial charge >= 0.3 is 0 Å². The molecule has 0 aliphatic rings. The van der Waals surface area contributed by atoms with Gasteiger partial charge < -0.3 is 4.90 Å². The lowest BCUT2D eigenvalue weighted by Crippen LogP contribution is -2.11. The van der Waals surface area contributed by atoms with Gasteiger partial charge in [-0.25, -0.2) is 0 Å². The zero-order chi connectivity index (χ0) is 24.4. The van der Waals surface area contributed by atoms with Crippen LogP contribution in [0.4, 0.5) is 17.1 Å². The maximum absolute atomic E-state index is 2.37. The summed E-state index contributed by atoms with van der Waals surface area (Å²) < 4.78 is 0. The fourth-order valence-electron chi connectivity index (χ4n) is 4.46. The summed E-state index contributed by atoms with van der Waals surface area (Å²) in [5.41, 5.74) is 12.7. The highest BCUT2D eigenvalue weighted by Gasteiger charge is 2.17. The van der Waals surface area contributed by atoms with E-state index in [0.29, 0.717) is 0 Å². The van der Waals surface area contributed by atoms with Gasteiger partial charge in [0.1, 0.15) is 0 Å². The Balaban J connectivity index is 1.84. The van der Waals surface area contributed by atoms with E-state index < -0.39 is 0 Å². The van der Waals surface area contributed by atoms with E-state index in [1.165, 1.54) is 65.8 Å². The van der Waals surface area contributed by atoms with Crippen LogP contribution in [-0.4, -0.2) is 6.26 Å². The molecule has 3 aromatic carbocycles. The summed E-state index contributed by atoms with van der Waals surface area (Å²) in [7, 11) is 0. The van der Waals surface area contributed by atoms with Gasteiger partial charge in [-0.3, -0.25) is 0 Å². The molecule has 34 heavy (non-hydrogen) atoms. The number of allylic oxidation sites excluding steroid dienone is 1. The van der Waals surface area contributed by atoms with E-state index in [0.717, 1.165) is 0 Å². The number of thioether (sulfide) groups is 1. The van der Waals surface area contributed by atoms with Crippen LogP contribution in [0.1, 0.15) is 41.7 Å². The van der Waals surface area contributed by atoms with Crippen LogP contribution in [0.15, 0.2) is 77.7 Å². The maximum atomic E-state index is 2.37. The SMILES string of the molecule is CSC(=C(C)C)c1ccc(N(c2ccc(C)cc2)c2ccc(-c3sccc3C)c(C)c2)cc1C. The number of benzene rings is 3. The van der Waals surface area contributed by atoms with Crippen LogP contribution in [0.2, 0.25) is 0 Å². The van der Waals surface area contributed by atoms with Gasteiger partial charge in [-0.1, -0.05) is 35.4 Å². The standard InChI is InChI=1S/C31H33NS2/c1-20(2)30(33-7)28-14-12-26(18-23(28)5)32(25-10-8-21(3)9-11-25)27-13-15-29(24(6)19-27)31-22(4)16-17-34-31/h8-19H,1-7H3. The maximum Gasteiger partial charge on any atom is 0.0464 e. The van der Waals surface area contributed by atoms with Crippen molar-refractivity contribution in [3.8, 4) is 10.4 Å². The lowest BCUT2D eigenvalue weighted by Gasteiger charge is -2.27. The van der Waals surface area contributed by atoms with Gasteiger partial charge in [-0.2, -0.15) is 0 Å². The van der Waals surface area contributed by atoms with E-state index in [-0.39, 0.29) is 0 Å². The van der Waals surface area contributed by atoms with Crippen LogP contribution in [0.5, 0.6) is 0 Å². The fraction of sp³-hybridized carbons (Fsp3) is 0.226. The van der Waals surface area contributed by atoms with Gasteiger partial charge in [0, 0.05) is 26.8 Å². The molecule has 0 saturated carbocycles. The monoisotopic (exact) mass is 483 g/mol. The number of hydrogen-bond acceptors (Lipinski definition) is 3. The molecule has 1 aromatic heterocycles. The summed E-state index contributed by atoms with van der Waals surface area (Å²) in [6, 6.07) is 24.7. The summed E-state index contributed by atoms with van der Waals surface area (Å²) in [4.78, 5) is 5.09. The number of rotatable bonds is 6. The Labute approximate surface area is 213 Å². The number of hydrogen-bond donors (Lipinski definition) is 0. The van der Waals surface area contributed by atoms with Gasteiger partial charge in [0.25, 0.3) is 0 Å². The Bertz CT molecular complexity index is 1340. The molecule has 0 N–H and O–H groups in total. The van der Waals surface area contributed by atoms with Crippen LogP contribution < -0.4 is 4.90 Å². The molecule has 0 fully saturated rings. The predicted molar refractivity (Wildman–Crippen MR) is 155 cm³/mol. The first-order valence-electron chi connectivity index (χ1n) is 11.6. The third kappa shape index (κ3) is 4.87. The molecule has 0 aliphatic carbocycles. The van der Waals surface area contributed by atoms with Gasteiger partial charge in [-0.05, 0) is 123 Å². The molecule has 1 heterocycles. The lowest BCUT2D eigenvalue weighted by atomic mass is 10.0. The van der Waals surface area contributed by atoms with Crippen molar-refractivity contribution < 1.29 is 0 Å². The molecule has 0 amide bonds. The second-order valence-corrected chi connectivity index (χ2v) is 10.9. The minimum atomic E-state index is 1.17. The Kier molecular flexibility index (Phi) is 7.35. The molecular formula is C31H33NS2. The van der Waals surface area contributed by atoms with Crippen molar-refractivity contribution in [2.24, 2.45) is 0 Å². The summed E-state index contributed by atoms with van der Waals surface area (Å²) in [5.74, 6) is 0. The molecule has 0 aliphatic heterocycles. The zero-order valence-electron chi connectivity index (χ0n) is 21.2. The first-order valence-corrected chi connectivity index (χ1v) is 13.7. The van der Waals surface area contributed by atoms with Gasteiger partial charge in [0.2, 0.25) is 0 Å².